The molecule has 2 aliphatic heterocycles. The molecule has 3 unspecified atom stereocenters. The second kappa shape index (κ2) is 10.6. The van der Waals surface area contributed by atoms with E-state index in [4.69, 9.17) is 18.5 Å². The molecule has 1 aromatic carbocycles. The molecular weight excluding hydrogens is 530 g/mol. The van der Waals surface area contributed by atoms with Crippen molar-refractivity contribution in [3.63, 3.8) is 0 Å². The van der Waals surface area contributed by atoms with Crippen molar-refractivity contribution in [2.75, 3.05) is 13.2 Å². The van der Waals surface area contributed by atoms with Gasteiger partial charge in [0.25, 0.3) is 5.08 Å². The van der Waals surface area contributed by atoms with Crippen LogP contribution in [0.4, 0.5) is 4.79 Å². The fourth-order valence-electron chi connectivity index (χ4n) is 4.02. The standard InChI is InChI=1S/C22H26N2O11P2/c1-15(25)32-14-18-5-3-11-24(18)21(26)33-19-8-6-17(7-9-19)20-34-36(28,29)22(27,37(30,31)35-20)12-16-4-2-10-23-13-16/h2,4,6-10,13,18,20,27H,3,5,11-12,14H2,1H3,(H,28,29)(H,30,31). The van der Waals surface area contributed by atoms with Crippen LogP contribution in [0.15, 0.2) is 48.8 Å². The van der Waals surface area contributed by atoms with Crippen molar-refractivity contribution in [3.05, 3.63) is 59.9 Å². The lowest BCUT2D eigenvalue weighted by atomic mass is 10.2. The summed E-state index contributed by atoms with van der Waals surface area (Å²) in [5.74, 6) is -0.325. The van der Waals surface area contributed by atoms with E-state index in [1.165, 1.54) is 60.6 Å². The van der Waals surface area contributed by atoms with Gasteiger partial charge in [-0.25, -0.2) is 4.79 Å². The van der Waals surface area contributed by atoms with Crippen molar-refractivity contribution in [1.82, 2.24) is 9.88 Å². The van der Waals surface area contributed by atoms with Crippen molar-refractivity contribution < 1.29 is 52.1 Å². The minimum atomic E-state index is -5.13. The number of amides is 1. The number of esters is 1. The van der Waals surface area contributed by atoms with Gasteiger partial charge in [-0.1, -0.05) is 18.2 Å². The molecule has 2 fully saturated rings. The Morgan fingerprint density at radius 2 is 1.84 bits per heavy atom. The lowest BCUT2D eigenvalue weighted by Crippen LogP contribution is -2.40. The van der Waals surface area contributed by atoms with Crippen LogP contribution in [0, 0.1) is 0 Å². The van der Waals surface area contributed by atoms with Crippen LogP contribution in [0.5, 0.6) is 5.75 Å². The van der Waals surface area contributed by atoms with Gasteiger partial charge in [0.15, 0.2) is 0 Å². The second-order valence-electron chi connectivity index (χ2n) is 8.62. The molecule has 0 spiro atoms. The van der Waals surface area contributed by atoms with Gasteiger partial charge in [0.2, 0.25) is 6.29 Å². The zero-order valence-electron chi connectivity index (χ0n) is 19.7. The normalized spacial score (nSPS) is 31.6. The maximum absolute atomic E-state index is 12.9. The monoisotopic (exact) mass is 556 g/mol. The summed E-state index contributed by atoms with van der Waals surface area (Å²) in [6.45, 7) is 1.78. The van der Waals surface area contributed by atoms with Crippen molar-refractivity contribution in [2.45, 2.75) is 43.6 Å². The molecule has 1 amide bonds. The second-order valence-corrected chi connectivity index (χ2v) is 13.0. The number of carbonyl (C=O) groups is 2. The number of ether oxygens (including phenoxy) is 2. The number of benzene rings is 1. The Morgan fingerprint density at radius 1 is 1.16 bits per heavy atom. The highest BCUT2D eigenvalue weighted by Crippen LogP contribution is 2.79. The smallest absolute Gasteiger partial charge is 0.415 e. The maximum atomic E-state index is 12.9. The Bertz CT molecular complexity index is 1210. The Kier molecular flexibility index (Phi) is 7.87. The fraction of sp³-hybridized carbons (Fsp3) is 0.409. The number of hydrogen-bond acceptors (Lipinski definition) is 10. The molecule has 1 aromatic heterocycles. The summed E-state index contributed by atoms with van der Waals surface area (Å²) < 4.78 is 46.4. The van der Waals surface area contributed by atoms with E-state index in [0.717, 1.165) is 6.42 Å². The summed E-state index contributed by atoms with van der Waals surface area (Å²) in [6, 6.07) is 7.98. The van der Waals surface area contributed by atoms with E-state index in [0.29, 0.717) is 13.0 Å². The minimum Gasteiger partial charge on any atom is -0.464 e. The SMILES string of the molecule is CC(=O)OCC1CCCN1C(=O)Oc1ccc(C2OP(=O)(O)C(O)(Cc3cccnc3)P(=O)(O)O2)cc1. The lowest BCUT2D eigenvalue weighted by molar-refractivity contribution is -0.142. The van der Waals surface area contributed by atoms with E-state index in [1.54, 1.807) is 0 Å². The van der Waals surface area contributed by atoms with Gasteiger partial charge in [-0.3, -0.25) is 28.0 Å². The summed E-state index contributed by atoms with van der Waals surface area (Å²) in [5, 5.41) is 7.68. The number of hydrogen-bond donors (Lipinski definition) is 3. The summed E-state index contributed by atoms with van der Waals surface area (Å²) in [7, 11) is -10.3. The first kappa shape index (κ1) is 27.4. The van der Waals surface area contributed by atoms with Gasteiger partial charge >= 0.3 is 27.3 Å². The number of rotatable bonds is 6. The van der Waals surface area contributed by atoms with E-state index >= 15 is 0 Å². The Morgan fingerprint density at radius 3 is 2.43 bits per heavy atom. The summed E-state index contributed by atoms with van der Waals surface area (Å²) in [6.07, 6.45) is 0.982. The first-order valence-electron chi connectivity index (χ1n) is 11.3. The third-order valence-electron chi connectivity index (χ3n) is 5.99. The summed E-state index contributed by atoms with van der Waals surface area (Å²) in [5.41, 5.74) is 0.291. The summed E-state index contributed by atoms with van der Waals surface area (Å²) in [4.78, 5) is 49.9. The molecule has 3 atom stereocenters. The number of nitrogens with zero attached hydrogens (tertiary/aromatic N) is 2. The van der Waals surface area contributed by atoms with Crippen molar-refractivity contribution in [1.29, 1.82) is 0 Å². The van der Waals surface area contributed by atoms with Crippen LogP contribution in [0.3, 0.4) is 0 Å². The number of pyridine rings is 1. The van der Waals surface area contributed by atoms with Crippen molar-refractivity contribution in [3.8, 4) is 5.75 Å². The molecule has 0 aliphatic carbocycles. The van der Waals surface area contributed by atoms with Gasteiger partial charge in [0.1, 0.15) is 12.4 Å². The van der Waals surface area contributed by atoms with Crippen molar-refractivity contribution in [2.24, 2.45) is 0 Å². The van der Waals surface area contributed by atoms with E-state index in [9.17, 15) is 33.6 Å². The first-order valence-corrected chi connectivity index (χ1v) is 14.4. The number of likely N-dealkylation sites (tertiary alicyclic amines) is 1. The van der Waals surface area contributed by atoms with E-state index in [2.05, 4.69) is 4.98 Å². The molecule has 37 heavy (non-hydrogen) atoms. The highest BCUT2D eigenvalue weighted by atomic mass is 31.2. The molecule has 2 aromatic rings. The van der Waals surface area contributed by atoms with Gasteiger partial charge in [-0.2, -0.15) is 0 Å². The average molecular weight is 556 g/mol. The van der Waals surface area contributed by atoms with Gasteiger partial charge in [0.05, 0.1) is 6.04 Å². The fourth-order valence-corrected chi connectivity index (χ4v) is 7.60. The van der Waals surface area contributed by atoms with Crippen LogP contribution < -0.4 is 4.74 Å². The zero-order valence-corrected chi connectivity index (χ0v) is 21.5. The molecule has 0 saturated carbocycles. The lowest BCUT2D eigenvalue weighted by Gasteiger charge is -2.41. The molecule has 2 saturated heterocycles. The van der Waals surface area contributed by atoms with Gasteiger partial charge < -0.3 is 29.3 Å². The molecule has 0 bridgehead atoms. The van der Waals surface area contributed by atoms with Crippen LogP contribution in [0.2, 0.25) is 0 Å². The molecule has 200 valence electrons. The largest absolute Gasteiger partial charge is 0.464 e. The van der Waals surface area contributed by atoms with E-state index in [1.807, 2.05) is 0 Å². The van der Waals surface area contributed by atoms with Crippen LogP contribution in [-0.2, 0) is 34.1 Å². The predicted molar refractivity (Wildman–Crippen MR) is 126 cm³/mol. The molecule has 15 heteroatoms. The van der Waals surface area contributed by atoms with Crippen molar-refractivity contribution >= 4 is 27.3 Å². The Labute approximate surface area is 212 Å². The molecule has 2 aliphatic rings. The van der Waals surface area contributed by atoms with Gasteiger partial charge in [-0.05, 0) is 36.6 Å². The molecule has 0 radical (unpaired) electrons. The van der Waals surface area contributed by atoms with E-state index in [-0.39, 0.29) is 29.5 Å². The molecular formula is C22H26N2O11P2. The molecule has 3 heterocycles. The quantitative estimate of drug-likeness (QED) is 0.350. The summed E-state index contributed by atoms with van der Waals surface area (Å²) >= 11 is 0. The third-order valence-corrected chi connectivity index (χ3v) is 10.6. The van der Waals surface area contributed by atoms with Crippen LogP contribution in [-0.4, -0.2) is 61.1 Å². The van der Waals surface area contributed by atoms with Gasteiger partial charge in [0, 0.05) is 37.8 Å². The third kappa shape index (κ3) is 5.78. The van der Waals surface area contributed by atoms with E-state index < -0.39 is 45.0 Å². The number of carbonyl (C=O) groups excluding carboxylic acids is 2. The molecule has 13 nitrogen and oxygen atoms in total. The molecule has 3 N–H and O–H groups in total. The number of aliphatic hydroxyl groups is 1. The van der Waals surface area contributed by atoms with Crippen LogP contribution >= 0.6 is 15.2 Å². The topological polar surface area (TPSA) is 182 Å². The highest BCUT2D eigenvalue weighted by molar-refractivity contribution is 7.73. The highest BCUT2D eigenvalue weighted by Gasteiger charge is 2.67. The van der Waals surface area contributed by atoms with Crippen LogP contribution in [0.1, 0.15) is 37.2 Å². The van der Waals surface area contributed by atoms with Crippen LogP contribution in [0.25, 0.3) is 0 Å². The predicted octanol–water partition coefficient (Wildman–Crippen LogP) is 2.91. The first-order chi connectivity index (χ1) is 17.4. The zero-order chi connectivity index (χ0) is 26.8. The average Bonchev–Trinajstić information content (AvgIpc) is 3.31. The number of aromatic nitrogens is 1. The van der Waals surface area contributed by atoms with Gasteiger partial charge in [-0.15, -0.1) is 0 Å². The Hall–Kier alpha value is -2.63. The minimum absolute atomic E-state index is 0.0648. The maximum Gasteiger partial charge on any atom is 0.415 e. The Balaban J connectivity index is 1.44. The molecule has 4 rings (SSSR count).